The van der Waals surface area contributed by atoms with E-state index < -0.39 is 0 Å². The summed E-state index contributed by atoms with van der Waals surface area (Å²) in [5.74, 6) is 0. The Kier molecular flexibility index (Phi) is 537. The number of rotatable bonds is 0. The molecule has 0 aliphatic carbocycles. The maximum Gasteiger partial charge on any atom is 6.00 e. The van der Waals surface area contributed by atoms with Crippen LogP contribution in [0.3, 0.4) is 0 Å². The van der Waals surface area contributed by atoms with Gasteiger partial charge >= 0.3 is 31.1 Å². The largest absolute Gasteiger partial charge is 6.00 e. The second-order valence-electron chi connectivity index (χ2n) is 0.548. The molecule has 12 nitrogen and oxygen atoms in total. The standard InChI is InChI=1S/6CHO2.U/c6*2-1-3;/h6*(H,2,3);/q6*-1;+6. The minimum Gasteiger partial charge on any atom is -0.665 e. The maximum atomic E-state index is 8.24. The molecule has 0 spiro atoms. The second-order valence-corrected chi connectivity index (χ2v) is 0.548. The van der Waals surface area contributed by atoms with Gasteiger partial charge in [0.05, 0.1) is 0 Å². The van der Waals surface area contributed by atoms with E-state index in [0.717, 1.165) is 0 Å². The molecule has 0 aromatic heterocycles. The van der Waals surface area contributed by atoms with Gasteiger partial charge in [0.25, 0.3) is 0 Å². The van der Waals surface area contributed by atoms with Crippen LogP contribution in [0, 0.1) is 31.1 Å². The molecule has 0 saturated heterocycles. The molecular weight excluding hydrogens is 502 g/mol. The van der Waals surface area contributed by atoms with Crippen molar-refractivity contribution in [2.75, 3.05) is 0 Å². The monoisotopic (exact) mass is 508 g/mol. The van der Waals surface area contributed by atoms with Crippen molar-refractivity contribution in [3.05, 3.63) is 0 Å². The normalized spacial score (nSPS) is 3.79. The van der Waals surface area contributed by atoms with E-state index in [9.17, 15) is 0 Å². The molecular formula is C6H6O12U. The van der Waals surface area contributed by atoms with Gasteiger partial charge in [0.1, 0.15) is 0 Å². The molecule has 19 heavy (non-hydrogen) atoms. The number of aliphatic hydroxyl groups excluding tert-OH is 6. The van der Waals surface area contributed by atoms with Gasteiger partial charge in [-0.3, -0.25) is 0 Å². The Labute approximate surface area is 129 Å². The van der Waals surface area contributed by atoms with E-state index in [0.29, 0.717) is 38.8 Å². The van der Waals surface area contributed by atoms with E-state index in [-0.39, 0.29) is 31.1 Å². The van der Waals surface area contributed by atoms with Gasteiger partial charge in [-0.2, -0.15) is 0 Å². The molecule has 0 bridgehead atoms. The SMILES string of the molecule is O=[C-]O.O=[C-]O.O=[C-]O.O=[C-]O.O=[C-]O.O=[C-]O.[U+6]. The van der Waals surface area contributed by atoms with Crippen molar-refractivity contribution in [2.24, 2.45) is 0 Å². The first-order valence-corrected chi connectivity index (χ1v) is 2.57. The van der Waals surface area contributed by atoms with Crippen molar-refractivity contribution < 1.29 is 90.5 Å². The van der Waals surface area contributed by atoms with Crippen molar-refractivity contribution in [1.29, 1.82) is 0 Å². The van der Waals surface area contributed by atoms with E-state index >= 15 is 0 Å². The molecule has 0 heterocycles. The molecule has 0 atom stereocenters. The molecule has 0 aliphatic rings. The van der Waals surface area contributed by atoms with Crippen molar-refractivity contribution in [3.8, 4) is 0 Å². The second kappa shape index (κ2) is 234. The van der Waals surface area contributed by atoms with Crippen LogP contribution < -0.4 is 0 Å². The van der Waals surface area contributed by atoms with Crippen molar-refractivity contribution in [2.45, 2.75) is 0 Å². The van der Waals surface area contributed by atoms with Gasteiger partial charge in [-0.05, 0) is 0 Å². The van der Waals surface area contributed by atoms with Gasteiger partial charge in [0.15, 0.2) is 0 Å². The molecule has 0 fully saturated rings. The molecule has 0 unspecified atom stereocenters. The van der Waals surface area contributed by atoms with Crippen LogP contribution in [0.15, 0.2) is 0 Å². The Hall–Kier alpha value is -2.13. The average molecular weight is 508 g/mol. The summed E-state index contributed by atoms with van der Waals surface area (Å²) in [6, 6.07) is 0. The summed E-state index contributed by atoms with van der Waals surface area (Å²) in [6.45, 7) is 3.00. The summed E-state index contributed by atoms with van der Waals surface area (Å²) in [5.41, 5.74) is 0. The third-order valence-electron chi connectivity index (χ3n) is 0. The summed E-state index contributed by atoms with van der Waals surface area (Å²) >= 11 is 0. The van der Waals surface area contributed by atoms with Crippen LogP contribution in [0.5, 0.6) is 0 Å². The Morgan fingerprint density at radius 3 is 0.368 bits per heavy atom. The van der Waals surface area contributed by atoms with Crippen LogP contribution in [0.4, 0.5) is 0 Å². The van der Waals surface area contributed by atoms with Crippen LogP contribution >= 0.6 is 0 Å². The summed E-state index contributed by atoms with van der Waals surface area (Å²) in [4.78, 5) is 49.4. The average Bonchev–Trinajstić information content (AvgIpc) is 2.23. The minimum atomic E-state index is 0. The fourth-order valence-corrected chi connectivity index (χ4v) is 0. The zero-order valence-electron chi connectivity index (χ0n) is 8.63. The van der Waals surface area contributed by atoms with Crippen molar-refractivity contribution in [1.82, 2.24) is 0 Å². The van der Waals surface area contributed by atoms with Gasteiger partial charge in [-0.25, -0.2) is 0 Å². The third kappa shape index (κ3) is 674. The first-order chi connectivity index (χ1) is 8.49. The first-order valence-electron chi connectivity index (χ1n) is 2.57. The van der Waals surface area contributed by atoms with E-state index in [4.69, 9.17) is 59.4 Å². The van der Waals surface area contributed by atoms with Crippen LogP contribution in [-0.4, -0.2) is 69.5 Å². The smallest absolute Gasteiger partial charge is 0.665 e. The molecule has 0 rings (SSSR count). The van der Waals surface area contributed by atoms with E-state index in [1.807, 2.05) is 0 Å². The van der Waals surface area contributed by atoms with Crippen molar-refractivity contribution >= 4 is 38.8 Å². The zero-order valence-corrected chi connectivity index (χ0v) is 12.8. The minimum absolute atomic E-state index is 0. The molecule has 0 aliphatic heterocycles. The van der Waals surface area contributed by atoms with Crippen LogP contribution in [0.25, 0.3) is 0 Å². The summed E-state index contributed by atoms with van der Waals surface area (Å²) in [5, 5.41) is 40.6. The fraction of sp³-hybridized carbons (Fsp3) is 0. The quantitative estimate of drug-likeness (QED) is 0.190. The summed E-state index contributed by atoms with van der Waals surface area (Å²) in [7, 11) is 0. The first kappa shape index (κ1) is 43.6. The molecule has 0 aromatic rings. The van der Waals surface area contributed by atoms with Crippen molar-refractivity contribution in [3.63, 3.8) is 0 Å². The molecule has 0 amide bonds. The van der Waals surface area contributed by atoms with E-state index in [1.54, 1.807) is 0 Å². The predicted molar refractivity (Wildman–Crippen MR) is 49.9 cm³/mol. The zero-order chi connectivity index (χ0) is 16.2. The van der Waals surface area contributed by atoms with Crippen LogP contribution in [-0.2, 0) is 28.8 Å². The van der Waals surface area contributed by atoms with Crippen LogP contribution in [0.2, 0.25) is 0 Å². The van der Waals surface area contributed by atoms with Gasteiger partial charge in [-0.15, -0.1) is 0 Å². The Balaban J connectivity index is -0.0000000180. The molecule has 0 radical (unpaired) electrons. The third-order valence-corrected chi connectivity index (χ3v) is 0. The van der Waals surface area contributed by atoms with E-state index in [1.165, 1.54) is 0 Å². The molecule has 6 N–H and O–H groups in total. The van der Waals surface area contributed by atoms with Gasteiger partial charge in [0, 0.05) is 0 Å². The van der Waals surface area contributed by atoms with Gasteiger partial charge < -0.3 is 59.4 Å². The molecule has 0 saturated carbocycles. The summed E-state index contributed by atoms with van der Waals surface area (Å²) < 4.78 is 0. The number of hydrogen-bond acceptors (Lipinski definition) is 6. The Morgan fingerprint density at radius 2 is 0.368 bits per heavy atom. The molecule has 13 heteroatoms. The van der Waals surface area contributed by atoms with Gasteiger partial charge in [0.2, 0.25) is 0 Å². The topological polar surface area (TPSA) is 224 Å². The molecule has 106 valence electrons. The number of hydrogen-bond donors (Lipinski definition) is 6. The molecule has 0 aromatic carbocycles. The summed E-state index contributed by atoms with van der Waals surface area (Å²) in [6.07, 6.45) is 0. The van der Waals surface area contributed by atoms with Gasteiger partial charge in [-0.1, -0.05) is 38.8 Å². The maximum absolute atomic E-state index is 8.24. The predicted octanol–water partition coefficient (Wildman–Crippen LogP) is -2.33. The van der Waals surface area contributed by atoms with Crippen LogP contribution in [0.1, 0.15) is 0 Å². The fourth-order valence-electron chi connectivity index (χ4n) is 0. The Bertz CT molecular complexity index is 114. The van der Waals surface area contributed by atoms with E-state index in [2.05, 4.69) is 0 Å². The Morgan fingerprint density at radius 1 is 0.368 bits per heavy atom.